The van der Waals surface area contributed by atoms with Crippen LogP contribution >= 0.6 is 0 Å². The summed E-state index contributed by atoms with van der Waals surface area (Å²) in [5.74, 6) is -0.379. The van der Waals surface area contributed by atoms with Crippen molar-refractivity contribution in [2.75, 3.05) is 6.54 Å². The van der Waals surface area contributed by atoms with Crippen LogP contribution in [0.4, 0.5) is 0 Å². The summed E-state index contributed by atoms with van der Waals surface area (Å²) in [6.07, 6.45) is 0.916. The topological polar surface area (TPSA) is 75.4 Å². The second-order valence-electron chi connectivity index (χ2n) is 1.43. The normalized spacial score (nSPS) is 8.75. The van der Waals surface area contributed by atoms with Gasteiger partial charge in [-0.25, -0.2) is 5.48 Å². The van der Waals surface area contributed by atoms with Crippen molar-refractivity contribution in [3.8, 4) is 0 Å². The number of hydrogen-bond donors (Lipinski definition) is 3. The first-order valence-corrected chi connectivity index (χ1v) is 2.44. The molecule has 0 rings (SSSR count). The van der Waals surface area contributed by atoms with Crippen LogP contribution < -0.4 is 11.2 Å². The molecular weight excluding hydrogens is 108 g/mol. The SMILES string of the molecule is NCCCC(=O)NO. The Morgan fingerprint density at radius 1 is 1.75 bits per heavy atom. The van der Waals surface area contributed by atoms with Gasteiger partial charge in [0.25, 0.3) is 0 Å². The molecule has 0 aliphatic heterocycles. The number of hydroxylamine groups is 1. The molecule has 0 aromatic rings. The largest absolute Gasteiger partial charge is 0.330 e. The summed E-state index contributed by atoms with van der Waals surface area (Å²) in [7, 11) is 0. The predicted octanol–water partition coefficient (Wildman–Crippen LogP) is -0.769. The van der Waals surface area contributed by atoms with Crippen LogP contribution in [0.2, 0.25) is 0 Å². The van der Waals surface area contributed by atoms with E-state index in [1.54, 1.807) is 0 Å². The monoisotopic (exact) mass is 118 g/mol. The van der Waals surface area contributed by atoms with Crippen LogP contribution in [0.25, 0.3) is 0 Å². The molecule has 0 atom stereocenters. The minimum Gasteiger partial charge on any atom is -0.330 e. The maximum atomic E-state index is 10.2. The van der Waals surface area contributed by atoms with Gasteiger partial charge in [-0.3, -0.25) is 10.0 Å². The number of rotatable bonds is 3. The van der Waals surface area contributed by atoms with Crippen LogP contribution in [0.5, 0.6) is 0 Å². The number of carbonyl (C=O) groups is 1. The highest BCUT2D eigenvalue weighted by atomic mass is 16.5. The van der Waals surface area contributed by atoms with Crippen molar-refractivity contribution < 1.29 is 10.0 Å². The molecule has 1 amide bonds. The van der Waals surface area contributed by atoms with Crippen molar-refractivity contribution >= 4 is 5.91 Å². The van der Waals surface area contributed by atoms with E-state index in [0.29, 0.717) is 19.4 Å². The predicted molar refractivity (Wildman–Crippen MR) is 28.2 cm³/mol. The number of hydrogen-bond acceptors (Lipinski definition) is 3. The molecule has 0 heterocycles. The highest BCUT2D eigenvalue weighted by Crippen LogP contribution is 1.82. The number of carbonyl (C=O) groups excluding carboxylic acids is 1. The van der Waals surface area contributed by atoms with E-state index >= 15 is 0 Å². The van der Waals surface area contributed by atoms with Crippen LogP contribution in [0.3, 0.4) is 0 Å². The van der Waals surface area contributed by atoms with Crippen LogP contribution in [-0.2, 0) is 4.79 Å². The van der Waals surface area contributed by atoms with E-state index in [4.69, 9.17) is 10.9 Å². The zero-order valence-corrected chi connectivity index (χ0v) is 4.55. The molecule has 0 aliphatic rings. The van der Waals surface area contributed by atoms with Crippen molar-refractivity contribution in [2.45, 2.75) is 12.8 Å². The third kappa shape index (κ3) is 3.58. The van der Waals surface area contributed by atoms with Gasteiger partial charge >= 0.3 is 0 Å². The molecule has 0 radical (unpaired) electrons. The summed E-state index contributed by atoms with van der Waals surface area (Å²) in [4.78, 5) is 10.2. The smallest absolute Gasteiger partial charge is 0.243 e. The molecule has 0 bridgehead atoms. The van der Waals surface area contributed by atoms with Crippen LogP contribution in [0.1, 0.15) is 12.8 Å². The Morgan fingerprint density at radius 3 is 2.75 bits per heavy atom. The van der Waals surface area contributed by atoms with Crippen molar-refractivity contribution in [3.63, 3.8) is 0 Å². The fourth-order valence-corrected chi connectivity index (χ4v) is 0.319. The first-order chi connectivity index (χ1) is 3.81. The molecule has 4 N–H and O–H groups in total. The number of nitrogens with one attached hydrogen (secondary N) is 1. The third-order valence-electron chi connectivity index (χ3n) is 0.733. The van der Waals surface area contributed by atoms with E-state index in [1.807, 2.05) is 0 Å². The van der Waals surface area contributed by atoms with Crippen LogP contribution in [-0.4, -0.2) is 17.7 Å². The van der Waals surface area contributed by atoms with Gasteiger partial charge in [-0.2, -0.15) is 0 Å². The maximum absolute atomic E-state index is 10.2. The molecule has 48 valence electrons. The second-order valence-corrected chi connectivity index (χ2v) is 1.43. The number of amides is 1. The van der Waals surface area contributed by atoms with E-state index in [2.05, 4.69) is 0 Å². The molecule has 0 aromatic carbocycles. The van der Waals surface area contributed by atoms with E-state index in [9.17, 15) is 4.79 Å². The van der Waals surface area contributed by atoms with Crippen LogP contribution in [0, 0.1) is 0 Å². The van der Waals surface area contributed by atoms with Crippen molar-refractivity contribution in [1.82, 2.24) is 5.48 Å². The molecule has 0 unspecified atom stereocenters. The molecule has 0 aromatic heterocycles. The van der Waals surface area contributed by atoms with Gasteiger partial charge in [-0.15, -0.1) is 0 Å². The van der Waals surface area contributed by atoms with Gasteiger partial charge in [0.05, 0.1) is 0 Å². The highest BCUT2D eigenvalue weighted by Gasteiger charge is 1.94. The fraction of sp³-hybridized carbons (Fsp3) is 0.750. The summed E-state index contributed by atoms with van der Waals surface area (Å²) in [5.41, 5.74) is 6.58. The highest BCUT2D eigenvalue weighted by molar-refractivity contribution is 5.74. The average Bonchev–Trinajstić information content (AvgIpc) is 1.83. The summed E-state index contributed by atoms with van der Waals surface area (Å²) in [6, 6.07) is 0. The van der Waals surface area contributed by atoms with Crippen molar-refractivity contribution in [2.24, 2.45) is 5.73 Å². The summed E-state index contributed by atoms with van der Waals surface area (Å²) < 4.78 is 0. The van der Waals surface area contributed by atoms with Gasteiger partial charge in [-0.1, -0.05) is 0 Å². The van der Waals surface area contributed by atoms with E-state index in [1.165, 1.54) is 5.48 Å². The summed E-state index contributed by atoms with van der Waals surface area (Å²) in [6.45, 7) is 0.480. The van der Waals surface area contributed by atoms with Crippen molar-refractivity contribution in [3.05, 3.63) is 0 Å². The van der Waals surface area contributed by atoms with Gasteiger partial charge < -0.3 is 5.73 Å². The average molecular weight is 118 g/mol. The lowest BCUT2D eigenvalue weighted by Crippen LogP contribution is -2.19. The first-order valence-electron chi connectivity index (χ1n) is 2.44. The zero-order chi connectivity index (χ0) is 6.41. The van der Waals surface area contributed by atoms with E-state index in [-0.39, 0.29) is 5.91 Å². The molecule has 0 saturated heterocycles. The molecule has 0 spiro atoms. The molecule has 4 heteroatoms. The Kier molecular flexibility index (Phi) is 4.20. The van der Waals surface area contributed by atoms with Crippen LogP contribution in [0.15, 0.2) is 0 Å². The number of nitrogens with two attached hydrogens (primary N) is 1. The lowest BCUT2D eigenvalue weighted by Gasteiger charge is -1.93. The van der Waals surface area contributed by atoms with Gasteiger partial charge in [0.2, 0.25) is 5.91 Å². The quantitative estimate of drug-likeness (QED) is 0.336. The van der Waals surface area contributed by atoms with Crippen molar-refractivity contribution in [1.29, 1.82) is 0 Å². The minimum atomic E-state index is -0.379. The van der Waals surface area contributed by atoms with Gasteiger partial charge in [-0.05, 0) is 13.0 Å². The molecular formula is C4H10N2O2. The fourth-order valence-electron chi connectivity index (χ4n) is 0.319. The summed E-state index contributed by atoms with van der Waals surface area (Å²) in [5, 5.41) is 7.92. The Bertz CT molecular complexity index is 74.4. The Labute approximate surface area is 47.6 Å². The molecule has 0 fully saturated rings. The summed E-state index contributed by atoms with van der Waals surface area (Å²) >= 11 is 0. The van der Waals surface area contributed by atoms with E-state index < -0.39 is 0 Å². The maximum Gasteiger partial charge on any atom is 0.243 e. The standard InChI is InChI=1S/C4H10N2O2/c5-3-1-2-4(7)6-8/h8H,1-3,5H2,(H,6,7). The molecule has 0 aliphatic carbocycles. The third-order valence-corrected chi connectivity index (χ3v) is 0.733. The first kappa shape index (κ1) is 7.39. The Balaban J connectivity index is 2.99. The second kappa shape index (κ2) is 4.55. The molecule has 0 saturated carbocycles. The Hall–Kier alpha value is -0.610. The van der Waals surface area contributed by atoms with Gasteiger partial charge in [0.1, 0.15) is 0 Å². The lowest BCUT2D eigenvalue weighted by atomic mass is 10.3. The molecule has 8 heavy (non-hydrogen) atoms. The van der Waals surface area contributed by atoms with E-state index in [0.717, 1.165) is 0 Å². The zero-order valence-electron chi connectivity index (χ0n) is 4.55. The minimum absolute atomic E-state index is 0.299. The van der Waals surface area contributed by atoms with Gasteiger partial charge in [0, 0.05) is 6.42 Å². The lowest BCUT2D eigenvalue weighted by molar-refractivity contribution is -0.129. The van der Waals surface area contributed by atoms with Gasteiger partial charge in [0.15, 0.2) is 0 Å². The Morgan fingerprint density at radius 2 is 2.38 bits per heavy atom. The molecule has 4 nitrogen and oxygen atoms in total.